The first-order chi connectivity index (χ1) is 9.09. The molecule has 1 N–H and O–H groups in total. The summed E-state index contributed by atoms with van der Waals surface area (Å²) in [6, 6.07) is 0. The Labute approximate surface area is 120 Å². The van der Waals surface area contributed by atoms with Crippen molar-refractivity contribution in [3.05, 3.63) is 16.4 Å². The summed E-state index contributed by atoms with van der Waals surface area (Å²) in [4.78, 5) is 0. The molecular weight excluding hydrogens is 262 g/mol. The molecule has 1 aromatic rings. The molecule has 0 spiro atoms. The van der Waals surface area contributed by atoms with Gasteiger partial charge in [0, 0.05) is 25.2 Å². The van der Waals surface area contributed by atoms with Gasteiger partial charge in [-0.1, -0.05) is 18.5 Å². The Balaban J connectivity index is 2.08. The Morgan fingerprint density at radius 1 is 1.47 bits per heavy atom. The molecule has 0 aromatic carbocycles. The second kappa shape index (κ2) is 6.25. The van der Waals surface area contributed by atoms with Crippen LogP contribution in [0.1, 0.15) is 45.0 Å². The minimum absolute atomic E-state index is 0.0524. The van der Waals surface area contributed by atoms with Gasteiger partial charge in [-0.05, 0) is 33.1 Å². The van der Waals surface area contributed by atoms with E-state index in [2.05, 4.69) is 31.2 Å². The quantitative estimate of drug-likeness (QED) is 0.904. The van der Waals surface area contributed by atoms with Crippen molar-refractivity contribution < 1.29 is 4.74 Å². The van der Waals surface area contributed by atoms with Crippen molar-refractivity contribution >= 4 is 11.6 Å². The maximum atomic E-state index is 6.42. The molecule has 19 heavy (non-hydrogen) atoms. The predicted molar refractivity (Wildman–Crippen MR) is 77.6 cm³/mol. The molecule has 1 atom stereocenters. The minimum Gasteiger partial charge on any atom is -0.380 e. The lowest BCUT2D eigenvalue weighted by Crippen LogP contribution is -2.48. The Bertz CT molecular complexity index is 425. The molecule has 4 nitrogen and oxygen atoms in total. The molecule has 2 rings (SSSR count). The van der Waals surface area contributed by atoms with Crippen LogP contribution in [-0.2, 0) is 24.2 Å². The predicted octanol–water partition coefficient (Wildman–Crippen LogP) is 2.78. The van der Waals surface area contributed by atoms with Crippen LogP contribution >= 0.6 is 11.6 Å². The average molecular weight is 286 g/mol. The fraction of sp³-hybridized carbons (Fsp3) is 0.786. The van der Waals surface area contributed by atoms with Gasteiger partial charge in [-0.15, -0.1) is 0 Å². The van der Waals surface area contributed by atoms with Crippen LogP contribution in [0.5, 0.6) is 0 Å². The number of halogens is 1. The summed E-state index contributed by atoms with van der Waals surface area (Å²) < 4.78 is 7.57. The number of hydrogen-bond acceptors (Lipinski definition) is 3. The lowest BCUT2D eigenvalue weighted by atomic mass is 9.95. The standard InChI is InChI=1S/C14H24ClN3O/c1-4-11-13(15)12(18(5-2)17-11)9-16-14(3)7-6-8-19-10-14/h16H,4-10H2,1-3H3. The van der Waals surface area contributed by atoms with Crippen molar-refractivity contribution in [2.45, 2.75) is 58.7 Å². The molecular formula is C14H24ClN3O. The highest BCUT2D eigenvalue weighted by atomic mass is 35.5. The topological polar surface area (TPSA) is 39.1 Å². The van der Waals surface area contributed by atoms with Gasteiger partial charge in [0.05, 0.1) is 23.0 Å². The van der Waals surface area contributed by atoms with Crippen LogP contribution in [0.2, 0.25) is 5.02 Å². The van der Waals surface area contributed by atoms with Crippen molar-refractivity contribution in [2.24, 2.45) is 0 Å². The smallest absolute Gasteiger partial charge is 0.0863 e. The van der Waals surface area contributed by atoms with E-state index in [-0.39, 0.29) is 5.54 Å². The number of hydrogen-bond donors (Lipinski definition) is 1. The van der Waals surface area contributed by atoms with Gasteiger partial charge in [-0.3, -0.25) is 4.68 Å². The van der Waals surface area contributed by atoms with Crippen molar-refractivity contribution in [3.8, 4) is 0 Å². The second-order valence-electron chi connectivity index (χ2n) is 5.45. The van der Waals surface area contributed by atoms with E-state index < -0.39 is 0 Å². The number of nitrogens with zero attached hydrogens (tertiary/aromatic N) is 2. The zero-order valence-electron chi connectivity index (χ0n) is 12.1. The lowest BCUT2D eigenvalue weighted by Gasteiger charge is -2.34. The van der Waals surface area contributed by atoms with Crippen LogP contribution in [0, 0.1) is 0 Å². The first kappa shape index (κ1) is 14.8. The van der Waals surface area contributed by atoms with Crippen molar-refractivity contribution in [1.82, 2.24) is 15.1 Å². The van der Waals surface area contributed by atoms with Crippen LogP contribution in [-0.4, -0.2) is 28.5 Å². The highest BCUT2D eigenvalue weighted by Crippen LogP contribution is 2.24. The van der Waals surface area contributed by atoms with Crippen LogP contribution < -0.4 is 5.32 Å². The fourth-order valence-corrected chi connectivity index (χ4v) is 2.89. The summed E-state index contributed by atoms with van der Waals surface area (Å²) in [5.41, 5.74) is 2.13. The first-order valence-corrected chi connectivity index (χ1v) is 7.54. The molecule has 0 saturated carbocycles. The lowest BCUT2D eigenvalue weighted by molar-refractivity contribution is 0.0275. The summed E-state index contributed by atoms with van der Waals surface area (Å²) >= 11 is 6.42. The summed E-state index contributed by atoms with van der Waals surface area (Å²) in [5.74, 6) is 0. The van der Waals surface area contributed by atoms with E-state index in [9.17, 15) is 0 Å². The number of rotatable bonds is 5. The molecule has 108 valence electrons. The van der Waals surface area contributed by atoms with Gasteiger partial charge in [0.1, 0.15) is 0 Å². The van der Waals surface area contributed by atoms with E-state index in [4.69, 9.17) is 16.3 Å². The van der Waals surface area contributed by atoms with E-state index in [1.165, 1.54) is 0 Å². The number of aryl methyl sites for hydroxylation is 2. The second-order valence-corrected chi connectivity index (χ2v) is 5.83. The van der Waals surface area contributed by atoms with Gasteiger partial charge in [0.15, 0.2) is 0 Å². The van der Waals surface area contributed by atoms with E-state index >= 15 is 0 Å². The van der Waals surface area contributed by atoms with Crippen molar-refractivity contribution in [1.29, 1.82) is 0 Å². The third kappa shape index (κ3) is 3.30. The van der Waals surface area contributed by atoms with Crippen LogP contribution in [0.15, 0.2) is 0 Å². The van der Waals surface area contributed by atoms with Gasteiger partial charge < -0.3 is 10.1 Å². The normalized spacial score (nSPS) is 23.8. The van der Waals surface area contributed by atoms with Gasteiger partial charge >= 0.3 is 0 Å². The minimum atomic E-state index is 0.0524. The molecule has 1 aliphatic heterocycles. The molecule has 0 bridgehead atoms. The number of nitrogens with one attached hydrogen (secondary N) is 1. The SMILES string of the molecule is CCc1nn(CC)c(CNC2(C)CCCOC2)c1Cl. The third-order valence-electron chi connectivity index (χ3n) is 3.81. The zero-order chi connectivity index (χ0) is 13.9. The maximum absolute atomic E-state index is 6.42. The highest BCUT2D eigenvalue weighted by molar-refractivity contribution is 6.31. The third-order valence-corrected chi connectivity index (χ3v) is 4.25. The highest BCUT2D eigenvalue weighted by Gasteiger charge is 2.27. The van der Waals surface area contributed by atoms with Crippen LogP contribution in [0.25, 0.3) is 0 Å². The molecule has 1 fully saturated rings. The Kier molecular flexibility index (Phi) is 4.87. The summed E-state index contributed by atoms with van der Waals surface area (Å²) in [7, 11) is 0. The molecule has 5 heteroatoms. The van der Waals surface area contributed by atoms with Crippen molar-refractivity contribution in [3.63, 3.8) is 0 Å². The molecule has 0 amide bonds. The molecule has 1 aromatic heterocycles. The zero-order valence-corrected chi connectivity index (χ0v) is 12.9. The molecule has 2 heterocycles. The molecule has 0 radical (unpaired) electrons. The molecule has 1 unspecified atom stereocenters. The number of ether oxygens (including phenoxy) is 1. The van der Waals surface area contributed by atoms with Crippen LogP contribution in [0.3, 0.4) is 0 Å². The number of aromatic nitrogens is 2. The largest absolute Gasteiger partial charge is 0.380 e. The van der Waals surface area contributed by atoms with Gasteiger partial charge in [0.2, 0.25) is 0 Å². The average Bonchev–Trinajstić information content (AvgIpc) is 2.73. The van der Waals surface area contributed by atoms with Gasteiger partial charge in [-0.2, -0.15) is 5.10 Å². The monoisotopic (exact) mass is 285 g/mol. The molecule has 1 saturated heterocycles. The Hall–Kier alpha value is -0.580. The Morgan fingerprint density at radius 2 is 2.26 bits per heavy atom. The van der Waals surface area contributed by atoms with Gasteiger partial charge in [0.25, 0.3) is 0 Å². The first-order valence-electron chi connectivity index (χ1n) is 7.16. The van der Waals surface area contributed by atoms with E-state index in [1.54, 1.807) is 0 Å². The summed E-state index contributed by atoms with van der Waals surface area (Å²) in [5, 5.41) is 8.96. The summed E-state index contributed by atoms with van der Waals surface area (Å²) in [6.45, 7) is 9.65. The van der Waals surface area contributed by atoms with E-state index in [0.29, 0.717) is 0 Å². The Morgan fingerprint density at radius 3 is 2.84 bits per heavy atom. The molecule has 0 aliphatic carbocycles. The van der Waals surface area contributed by atoms with Crippen molar-refractivity contribution in [2.75, 3.05) is 13.2 Å². The molecule has 1 aliphatic rings. The van der Waals surface area contributed by atoms with E-state index in [0.717, 1.165) is 62.0 Å². The van der Waals surface area contributed by atoms with E-state index in [1.807, 2.05) is 4.68 Å². The fourth-order valence-electron chi connectivity index (χ4n) is 2.56. The van der Waals surface area contributed by atoms with Crippen LogP contribution in [0.4, 0.5) is 0 Å². The summed E-state index contributed by atoms with van der Waals surface area (Å²) in [6.07, 6.45) is 3.13. The maximum Gasteiger partial charge on any atom is 0.0863 e. The van der Waals surface area contributed by atoms with Gasteiger partial charge in [-0.25, -0.2) is 0 Å².